The third-order valence-corrected chi connectivity index (χ3v) is 5.06. The van der Waals surface area contributed by atoms with Gasteiger partial charge in [0.2, 0.25) is 0 Å². The van der Waals surface area contributed by atoms with Gasteiger partial charge in [-0.05, 0) is 17.9 Å². The Bertz CT molecular complexity index is 501. The maximum atomic E-state index is 12.0. The van der Waals surface area contributed by atoms with E-state index in [-0.39, 0.29) is 10.3 Å². The van der Waals surface area contributed by atoms with Gasteiger partial charge in [-0.3, -0.25) is 0 Å². The molecular formula is C13H23N3O2S2. The van der Waals surface area contributed by atoms with Crippen LogP contribution in [0.3, 0.4) is 0 Å². The monoisotopic (exact) mass is 317 g/mol. The van der Waals surface area contributed by atoms with Crippen LogP contribution in [0.4, 0.5) is 0 Å². The molecule has 0 aliphatic carbocycles. The Morgan fingerprint density at radius 1 is 1.30 bits per heavy atom. The van der Waals surface area contributed by atoms with Gasteiger partial charge in [0.05, 0.1) is 0 Å². The van der Waals surface area contributed by atoms with Crippen molar-refractivity contribution in [2.45, 2.75) is 43.6 Å². The van der Waals surface area contributed by atoms with Crippen molar-refractivity contribution in [3.63, 3.8) is 0 Å². The highest BCUT2D eigenvalue weighted by molar-refractivity contribution is 7.99. The molecule has 0 radical (unpaired) electrons. The van der Waals surface area contributed by atoms with Crippen LogP contribution in [0.15, 0.2) is 23.4 Å². The number of sulfonamides is 1. The molecule has 0 spiro atoms. The zero-order valence-corrected chi connectivity index (χ0v) is 14.0. The first kappa shape index (κ1) is 17.4. The van der Waals surface area contributed by atoms with E-state index in [4.69, 9.17) is 0 Å². The summed E-state index contributed by atoms with van der Waals surface area (Å²) < 4.78 is 26.6. The van der Waals surface area contributed by atoms with E-state index < -0.39 is 10.0 Å². The minimum atomic E-state index is -3.51. The molecule has 114 valence electrons. The molecule has 0 fully saturated rings. The zero-order chi connectivity index (χ0) is 15.2. The van der Waals surface area contributed by atoms with Gasteiger partial charge in [-0.2, -0.15) is 11.8 Å². The molecule has 1 aromatic rings. The van der Waals surface area contributed by atoms with Crippen molar-refractivity contribution in [2.24, 2.45) is 0 Å². The van der Waals surface area contributed by atoms with Crippen LogP contribution in [-0.4, -0.2) is 37.5 Å². The minimum Gasteiger partial charge on any atom is -0.310 e. The molecule has 1 aromatic heterocycles. The van der Waals surface area contributed by atoms with Crippen molar-refractivity contribution in [1.82, 2.24) is 15.0 Å². The van der Waals surface area contributed by atoms with E-state index in [1.807, 2.05) is 13.2 Å². The molecule has 7 heteroatoms. The summed E-state index contributed by atoms with van der Waals surface area (Å²) in [5.41, 5.74) is 0.968. The molecule has 5 nitrogen and oxygen atoms in total. The second-order valence-electron chi connectivity index (χ2n) is 4.94. The highest BCUT2D eigenvalue weighted by atomic mass is 32.2. The summed E-state index contributed by atoms with van der Waals surface area (Å²) in [6, 6.07) is 3.71. The molecule has 2 N–H and O–H groups in total. The predicted octanol–water partition coefficient (Wildman–Crippen LogP) is 1.61. The topological polar surface area (TPSA) is 71.1 Å². The van der Waals surface area contributed by atoms with Crippen LogP contribution in [0.2, 0.25) is 0 Å². The molecule has 0 saturated heterocycles. The number of hydrogen-bond acceptors (Lipinski definition) is 5. The van der Waals surface area contributed by atoms with E-state index in [1.165, 1.54) is 0 Å². The van der Waals surface area contributed by atoms with Crippen LogP contribution in [0, 0.1) is 0 Å². The summed E-state index contributed by atoms with van der Waals surface area (Å²) in [5.74, 6) is 0. The van der Waals surface area contributed by atoms with Gasteiger partial charge in [0.25, 0.3) is 10.0 Å². The Kier molecular flexibility index (Phi) is 6.94. The van der Waals surface area contributed by atoms with Gasteiger partial charge in [0.1, 0.15) is 0 Å². The van der Waals surface area contributed by atoms with E-state index in [0.717, 1.165) is 5.56 Å². The summed E-state index contributed by atoms with van der Waals surface area (Å²) in [4.78, 5) is 4.03. The van der Waals surface area contributed by atoms with E-state index in [0.29, 0.717) is 19.1 Å². The normalized spacial score (nSPS) is 13.7. The largest absolute Gasteiger partial charge is 0.310 e. The van der Waals surface area contributed by atoms with Crippen molar-refractivity contribution < 1.29 is 8.42 Å². The van der Waals surface area contributed by atoms with Crippen LogP contribution < -0.4 is 10.0 Å². The van der Waals surface area contributed by atoms with Crippen molar-refractivity contribution in [3.05, 3.63) is 23.9 Å². The van der Waals surface area contributed by atoms with Gasteiger partial charge < -0.3 is 5.32 Å². The Morgan fingerprint density at radius 3 is 2.50 bits per heavy atom. The molecule has 0 amide bonds. The van der Waals surface area contributed by atoms with Gasteiger partial charge in [0.15, 0.2) is 5.03 Å². The third-order valence-electron chi connectivity index (χ3n) is 2.75. The number of aromatic nitrogens is 1. The maximum absolute atomic E-state index is 12.0. The highest BCUT2D eigenvalue weighted by Crippen LogP contribution is 2.09. The van der Waals surface area contributed by atoms with Crippen LogP contribution in [0.1, 0.15) is 26.3 Å². The van der Waals surface area contributed by atoms with Crippen molar-refractivity contribution in [3.8, 4) is 0 Å². The number of hydrogen-bond donors (Lipinski definition) is 2. The summed E-state index contributed by atoms with van der Waals surface area (Å²) in [6.45, 7) is 7.18. The summed E-state index contributed by atoms with van der Waals surface area (Å²) in [5, 5.41) is 3.56. The fourth-order valence-electron chi connectivity index (χ4n) is 1.38. The summed E-state index contributed by atoms with van der Waals surface area (Å²) in [7, 11) is -3.51. The Balaban J connectivity index is 2.67. The lowest BCUT2D eigenvalue weighted by atomic mass is 10.2. The summed E-state index contributed by atoms with van der Waals surface area (Å²) in [6.07, 6.45) is 3.55. The molecule has 0 aliphatic heterocycles. The molecule has 0 bridgehead atoms. The second-order valence-corrected chi connectivity index (χ2v) is 7.93. The first-order chi connectivity index (χ1) is 9.35. The van der Waals surface area contributed by atoms with E-state index in [2.05, 4.69) is 28.9 Å². The van der Waals surface area contributed by atoms with E-state index in [9.17, 15) is 8.42 Å². The lowest BCUT2D eigenvalue weighted by Crippen LogP contribution is -2.30. The van der Waals surface area contributed by atoms with Crippen molar-refractivity contribution >= 4 is 21.8 Å². The molecule has 1 unspecified atom stereocenters. The van der Waals surface area contributed by atoms with E-state index in [1.54, 1.807) is 30.1 Å². The molecule has 1 atom stereocenters. The number of pyridine rings is 1. The van der Waals surface area contributed by atoms with Gasteiger partial charge in [-0.1, -0.05) is 26.8 Å². The molecule has 20 heavy (non-hydrogen) atoms. The fraction of sp³-hybridized carbons (Fsp3) is 0.615. The standard InChI is InChI=1S/C13H23N3O2S2/c1-10(2)14-8-12-5-6-13(15-9-12)20(17,18)16-7-11(3)19-4/h5-6,9-11,14,16H,7-8H2,1-4H3. The number of nitrogens with one attached hydrogen (secondary N) is 2. The van der Waals surface area contributed by atoms with Gasteiger partial charge in [0, 0.05) is 30.6 Å². The smallest absolute Gasteiger partial charge is 0.258 e. The van der Waals surface area contributed by atoms with E-state index >= 15 is 0 Å². The SMILES string of the molecule is CSC(C)CNS(=O)(=O)c1ccc(CNC(C)C)cn1. The minimum absolute atomic E-state index is 0.0686. The highest BCUT2D eigenvalue weighted by Gasteiger charge is 2.16. The van der Waals surface area contributed by atoms with Gasteiger partial charge in [-0.25, -0.2) is 18.1 Å². The van der Waals surface area contributed by atoms with Gasteiger partial charge >= 0.3 is 0 Å². The Hall–Kier alpha value is -0.630. The van der Waals surface area contributed by atoms with Crippen LogP contribution in [-0.2, 0) is 16.6 Å². The van der Waals surface area contributed by atoms with Crippen molar-refractivity contribution in [1.29, 1.82) is 0 Å². The molecular weight excluding hydrogens is 294 g/mol. The summed E-state index contributed by atoms with van der Waals surface area (Å²) >= 11 is 1.62. The van der Waals surface area contributed by atoms with Crippen LogP contribution in [0.25, 0.3) is 0 Å². The molecule has 1 heterocycles. The maximum Gasteiger partial charge on any atom is 0.258 e. The van der Waals surface area contributed by atoms with Crippen molar-refractivity contribution in [2.75, 3.05) is 12.8 Å². The second kappa shape index (κ2) is 7.97. The van der Waals surface area contributed by atoms with Crippen LogP contribution >= 0.6 is 11.8 Å². The molecule has 0 aromatic carbocycles. The average molecular weight is 317 g/mol. The van der Waals surface area contributed by atoms with Gasteiger partial charge in [-0.15, -0.1) is 0 Å². The van der Waals surface area contributed by atoms with Crippen LogP contribution in [0.5, 0.6) is 0 Å². The lowest BCUT2D eigenvalue weighted by molar-refractivity contribution is 0.575. The third kappa shape index (κ3) is 5.78. The Morgan fingerprint density at radius 2 is 2.00 bits per heavy atom. The quantitative estimate of drug-likeness (QED) is 0.762. The molecule has 1 rings (SSSR count). The number of thioether (sulfide) groups is 1. The number of nitrogens with zero attached hydrogens (tertiary/aromatic N) is 1. The first-order valence-electron chi connectivity index (χ1n) is 6.56. The lowest BCUT2D eigenvalue weighted by Gasteiger charge is -2.11. The molecule has 0 saturated carbocycles. The Labute approximate surface area is 126 Å². The zero-order valence-electron chi connectivity index (χ0n) is 12.4. The fourth-order valence-corrected chi connectivity index (χ4v) is 2.79. The first-order valence-corrected chi connectivity index (χ1v) is 9.33. The average Bonchev–Trinajstić information content (AvgIpc) is 2.43. The molecule has 0 aliphatic rings. The number of rotatable bonds is 8. The predicted molar refractivity (Wildman–Crippen MR) is 84.4 cm³/mol.